The third-order valence-corrected chi connectivity index (χ3v) is 3.36. The first kappa shape index (κ1) is 10.2. The highest BCUT2D eigenvalue weighted by Crippen LogP contribution is 2.24. The van der Waals surface area contributed by atoms with Gasteiger partial charge in [-0.05, 0) is 30.5 Å². The van der Waals surface area contributed by atoms with Crippen molar-refractivity contribution in [1.82, 2.24) is 20.2 Å². The predicted octanol–water partition coefficient (Wildman–Crippen LogP) is 2.90. The number of hydrogen-bond donors (Lipinski definition) is 1. The minimum absolute atomic E-state index is 0.694. The van der Waals surface area contributed by atoms with Crippen molar-refractivity contribution in [2.24, 2.45) is 0 Å². The molecule has 0 aliphatic heterocycles. The maximum absolute atomic E-state index is 4.49. The molecule has 4 nitrogen and oxygen atoms in total. The fourth-order valence-electron chi connectivity index (χ4n) is 1.63. The Morgan fingerprint density at radius 2 is 2.18 bits per heavy atom. The van der Waals surface area contributed by atoms with Crippen LogP contribution in [0, 0.1) is 6.92 Å². The Kier molecular flexibility index (Phi) is 2.45. The fourth-order valence-corrected chi connectivity index (χ4v) is 2.29. The summed E-state index contributed by atoms with van der Waals surface area (Å²) in [4.78, 5) is 9.81. The van der Waals surface area contributed by atoms with Crippen LogP contribution >= 0.6 is 11.3 Å². The monoisotopic (exact) mass is 242 g/mol. The number of nitrogens with one attached hydrogen (secondary N) is 1. The molecule has 17 heavy (non-hydrogen) atoms. The lowest BCUT2D eigenvalue weighted by molar-refractivity contribution is 1.09. The van der Waals surface area contributed by atoms with Gasteiger partial charge >= 0.3 is 0 Å². The lowest BCUT2D eigenvalue weighted by Gasteiger charge is -1.97. The van der Waals surface area contributed by atoms with Crippen LogP contribution in [0.5, 0.6) is 0 Å². The second-order valence-electron chi connectivity index (χ2n) is 3.62. The Labute approximate surface area is 102 Å². The van der Waals surface area contributed by atoms with Crippen molar-refractivity contribution in [3.8, 4) is 22.1 Å². The molecule has 0 amide bonds. The standard InChI is InChI=1S/C12H10N4S/c1-8-9(4-2-6-13-8)11-14-12(16-15-11)10-5-3-7-17-10/h2-7H,1H3,(H,14,15,16). The molecule has 0 saturated carbocycles. The summed E-state index contributed by atoms with van der Waals surface area (Å²) in [5.41, 5.74) is 1.90. The number of pyridine rings is 1. The summed E-state index contributed by atoms with van der Waals surface area (Å²) < 4.78 is 0. The van der Waals surface area contributed by atoms with Crippen LogP contribution in [-0.2, 0) is 0 Å². The topological polar surface area (TPSA) is 54.5 Å². The lowest BCUT2D eigenvalue weighted by Crippen LogP contribution is -1.88. The van der Waals surface area contributed by atoms with Crippen LogP contribution in [0.25, 0.3) is 22.1 Å². The van der Waals surface area contributed by atoms with E-state index in [2.05, 4.69) is 20.2 Å². The molecule has 0 saturated heterocycles. The van der Waals surface area contributed by atoms with Crippen molar-refractivity contribution in [2.75, 3.05) is 0 Å². The van der Waals surface area contributed by atoms with Crippen LogP contribution < -0.4 is 0 Å². The number of aromatic nitrogens is 4. The van der Waals surface area contributed by atoms with Gasteiger partial charge in [0.2, 0.25) is 0 Å². The van der Waals surface area contributed by atoms with Gasteiger partial charge in [0.05, 0.1) is 4.88 Å². The van der Waals surface area contributed by atoms with E-state index in [0.717, 1.165) is 22.0 Å². The zero-order chi connectivity index (χ0) is 11.7. The van der Waals surface area contributed by atoms with Gasteiger partial charge in [-0.2, -0.15) is 5.10 Å². The van der Waals surface area contributed by atoms with E-state index < -0.39 is 0 Å². The number of H-pyrrole nitrogens is 1. The Balaban J connectivity index is 2.04. The molecule has 0 unspecified atom stereocenters. The van der Waals surface area contributed by atoms with Gasteiger partial charge in [0.1, 0.15) is 0 Å². The molecule has 3 heterocycles. The predicted molar refractivity (Wildman–Crippen MR) is 67.7 cm³/mol. The van der Waals surface area contributed by atoms with Crippen molar-refractivity contribution in [2.45, 2.75) is 6.92 Å². The molecule has 3 aromatic heterocycles. The van der Waals surface area contributed by atoms with Crippen molar-refractivity contribution >= 4 is 11.3 Å². The molecule has 0 bridgehead atoms. The molecule has 1 N–H and O–H groups in total. The number of thiophene rings is 1. The van der Waals surface area contributed by atoms with E-state index >= 15 is 0 Å². The summed E-state index contributed by atoms with van der Waals surface area (Å²) in [5, 5.41) is 9.21. The smallest absolute Gasteiger partial charge is 0.183 e. The highest BCUT2D eigenvalue weighted by atomic mass is 32.1. The molecule has 0 aliphatic rings. The van der Waals surface area contributed by atoms with E-state index in [9.17, 15) is 0 Å². The van der Waals surface area contributed by atoms with Crippen LogP contribution in [-0.4, -0.2) is 20.2 Å². The Bertz CT molecular complexity index is 628. The summed E-state index contributed by atoms with van der Waals surface area (Å²) >= 11 is 1.64. The third-order valence-electron chi connectivity index (χ3n) is 2.49. The number of hydrogen-bond acceptors (Lipinski definition) is 4. The van der Waals surface area contributed by atoms with Crippen molar-refractivity contribution in [3.05, 3.63) is 41.5 Å². The fraction of sp³-hybridized carbons (Fsp3) is 0.0833. The lowest BCUT2D eigenvalue weighted by atomic mass is 10.2. The molecule has 3 aromatic rings. The van der Waals surface area contributed by atoms with Gasteiger partial charge in [-0.25, -0.2) is 4.98 Å². The van der Waals surface area contributed by atoms with Crippen LogP contribution in [0.15, 0.2) is 35.8 Å². The van der Waals surface area contributed by atoms with Gasteiger partial charge in [0.25, 0.3) is 0 Å². The molecular formula is C12H10N4S. The van der Waals surface area contributed by atoms with Gasteiger partial charge in [-0.15, -0.1) is 11.3 Å². The minimum Gasteiger partial charge on any atom is -0.261 e. The molecule has 84 valence electrons. The summed E-state index contributed by atoms with van der Waals surface area (Å²) in [7, 11) is 0. The van der Waals surface area contributed by atoms with Crippen molar-refractivity contribution < 1.29 is 0 Å². The summed E-state index contributed by atoms with van der Waals surface area (Å²) in [6, 6.07) is 7.88. The molecule has 0 spiro atoms. The molecule has 0 aromatic carbocycles. The normalized spacial score (nSPS) is 10.6. The molecule has 5 heteroatoms. The first-order valence-electron chi connectivity index (χ1n) is 5.23. The largest absolute Gasteiger partial charge is 0.261 e. The Hall–Kier alpha value is -2.01. The maximum Gasteiger partial charge on any atom is 0.183 e. The van der Waals surface area contributed by atoms with Crippen LogP contribution in [0.3, 0.4) is 0 Å². The molecular weight excluding hydrogens is 232 g/mol. The summed E-state index contributed by atoms with van der Waals surface area (Å²) in [6.07, 6.45) is 1.77. The average molecular weight is 242 g/mol. The molecule has 0 radical (unpaired) electrons. The van der Waals surface area contributed by atoms with Crippen LogP contribution in [0.1, 0.15) is 5.69 Å². The number of rotatable bonds is 2. The second kappa shape index (κ2) is 4.10. The van der Waals surface area contributed by atoms with Gasteiger partial charge in [0, 0.05) is 17.5 Å². The van der Waals surface area contributed by atoms with Crippen LogP contribution in [0.4, 0.5) is 0 Å². The van der Waals surface area contributed by atoms with Crippen LogP contribution in [0.2, 0.25) is 0 Å². The van der Waals surface area contributed by atoms with E-state index in [4.69, 9.17) is 0 Å². The highest BCUT2D eigenvalue weighted by Gasteiger charge is 2.10. The zero-order valence-electron chi connectivity index (χ0n) is 9.21. The highest BCUT2D eigenvalue weighted by molar-refractivity contribution is 7.13. The van der Waals surface area contributed by atoms with Gasteiger partial charge < -0.3 is 0 Å². The Morgan fingerprint density at radius 1 is 1.24 bits per heavy atom. The number of aryl methyl sites for hydroxylation is 1. The number of aromatic amines is 1. The SMILES string of the molecule is Cc1ncccc1-c1n[nH]c(-c2cccs2)n1. The first-order chi connectivity index (χ1) is 8.34. The summed E-state index contributed by atoms with van der Waals surface area (Å²) in [6.45, 7) is 1.95. The van der Waals surface area contributed by atoms with E-state index in [0.29, 0.717) is 5.82 Å². The van der Waals surface area contributed by atoms with Gasteiger partial charge in [-0.3, -0.25) is 10.1 Å². The average Bonchev–Trinajstić information content (AvgIpc) is 3.00. The van der Waals surface area contributed by atoms with Gasteiger partial charge in [0.15, 0.2) is 11.6 Å². The first-order valence-corrected chi connectivity index (χ1v) is 6.11. The second-order valence-corrected chi connectivity index (χ2v) is 4.57. The Morgan fingerprint density at radius 3 is 2.94 bits per heavy atom. The van der Waals surface area contributed by atoms with E-state index in [1.165, 1.54) is 0 Å². The summed E-state index contributed by atoms with van der Waals surface area (Å²) in [5.74, 6) is 1.50. The van der Waals surface area contributed by atoms with E-state index in [1.807, 2.05) is 36.6 Å². The van der Waals surface area contributed by atoms with Crippen molar-refractivity contribution in [1.29, 1.82) is 0 Å². The van der Waals surface area contributed by atoms with E-state index in [-0.39, 0.29) is 0 Å². The van der Waals surface area contributed by atoms with Gasteiger partial charge in [-0.1, -0.05) is 6.07 Å². The molecule has 0 fully saturated rings. The molecule has 0 aliphatic carbocycles. The minimum atomic E-state index is 0.694. The molecule has 3 rings (SSSR count). The molecule has 0 atom stereocenters. The third kappa shape index (κ3) is 1.85. The van der Waals surface area contributed by atoms with E-state index in [1.54, 1.807) is 17.5 Å². The maximum atomic E-state index is 4.49. The van der Waals surface area contributed by atoms with Crippen molar-refractivity contribution in [3.63, 3.8) is 0 Å². The quantitative estimate of drug-likeness (QED) is 0.751. The zero-order valence-corrected chi connectivity index (χ0v) is 10.0. The number of nitrogens with zero attached hydrogens (tertiary/aromatic N) is 3.